The highest BCUT2D eigenvalue weighted by atomic mass is 16.5. The van der Waals surface area contributed by atoms with Crippen molar-refractivity contribution in [2.24, 2.45) is 0 Å². The van der Waals surface area contributed by atoms with Gasteiger partial charge in [0, 0.05) is 24.5 Å². The summed E-state index contributed by atoms with van der Waals surface area (Å²) < 4.78 is 5.75. The zero-order chi connectivity index (χ0) is 23.1. The van der Waals surface area contributed by atoms with Gasteiger partial charge in [0.05, 0.1) is 18.2 Å². The Hall–Kier alpha value is -3.19. The van der Waals surface area contributed by atoms with Crippen molar-refractivity contribution in [3.63, 3.8) is 0 Å². The van der Waals surface area contributed by atoms with Crippen LogP contribution in [0, 0.1) is 0 Å². The summed E-state index contributed by atoms with van der Waals surface area (Å²) in [5, 5.41) is 11.0. The minimum atomic E-state index is -0.669. The van der Waals surface area contributed by atoms with Gasteiger partial charge < -0.3 is 19.6 Å². The fourth-order valence-corrected chi connectivity index (χ4v) is 3.76. The molecule has 32 heavy (non-hydrogen) atoms. The summed E-state index contributed by atoms with van der Waals surface area (Å²) in [5.74, 6) is -0.708. The third-order valence-electron chi connectivity index (χ3n) is 5.46. The molecule has 0 saturated carbocycles. The van der Waals surface area contributed by atoms with E-state index >= 15 is 0 Å². The van der Waals surface area contributed by atoms with Gasteiger partial charge in [-0.05, 0) is 63.3 Å². The van der Waals surface area contributed by atoms with Crippen molar-refractivity contribution in [2.45, 2.75) is 32.2 Å². The van der Waals surface area contributed by atoms with Crippen LogP contribution in [-0.2, 0) is 9.59 Å². The number of benzene rings is 1. The van der Waals surface area contributed by atoms with E-state index in [-0.39, 0.29) is 11.3 Å². The molecule has 0 spiro atoms. The third kappa shape index (κ3) is 5.34. The molecule has 1 aliphatic rings. The number of rotatable bonds is 10. The number of carbonyl (C=O) groups excluding carboxylic acids is 2. The predicted molar refractivity (Wildman–Crippen MR) is 123 cm³/mol. The van der Waals surface area contributed by atoms with Gasteiger partial charge in [-0.2, -0.15) is 0 Å². The fourth-order valence-electron chi connectivity index (χ4n) is 3.76. The minimum absolute atomic E-state index is 0.103. The van der Waals surface area contributed by atoms with Crippen molar-refractivity contribution in [3.05, 3.63) is 65.5 Å². The standard InChI is InChI=1S/C25H31N3O4/c1-4-5-17-32-20-9-7-18(8-10-20)22-21(23(29)19-11-13-26-14-12-19)24(30)25(31)28(22)16-6-15-27(2)3/h7-14,22,29H,4-6,15-17H2,1-3H3. The van der Waals surface area contributed by atoms with Gasteiger partial charge in [0.2, 0.25) is 0 Å². The van der Waals surface area contributed by atoms with E-state index in [1.165, 1.54) is 0 Å². The molecule has 170 valence electrons. The number of ketones is 1. The highest BCUT2D eigenvalue weighted by Crippen LogP contribution is 2.39. The monoisotopic (exact) mass is 437 g/mol. The van der Waals surface area contributed by atoms with Crippen molar-refractivity contribution < 1.29 is 19.4 Å². The first-order valence-electron chi connectivity index (χ1n) is 11.0. The van der Waals surface area contributed by atoms with E-state index < -0.39 is 17.7 Å². The highest BCUT2D eigenvalue weighted by molar-refractivity contribution is 6.46. The molecule has 1 saturated heterocycles. The average Bonchev–Trinajstić information content (AvgIpc) is 3.04. The van der Waals surface area contributed by atoms with E-state index in [1.54, 1.807) is 29.4 Å². The summed E-state index contributed by atoms with van der Waals surface area (Å²) in [6.07, 6.45) is 5.82. The fraction of sp³-hybridized carbons (Fsp3) is 0.400. The molecule has 2 heterocycles. The van der Waals surface area contributed by atoms with E-state index in [9.17, 15) is 14.7 Å². The number of hydrogen-bond donors (Lipinski definition) is 1. The number of hydrogen-bond acceptors (Lipinski definition) is 6. The van der Waals surface area contributed by atoms with Gasteiger partial charge in [0.25, 0.3) is 11.7 Å². The van der Waals surface area contributed by atoms with Crippen LogP contribution in [0.1, 0.15) is 43.4 Å². The Bertz CT molecular complexity index is 955. The number of likely N-dealkylation sites (tertiary alicyclic amines) is 1. The van der Waals surface area contributed by atoms with Crippen molar-refractivity contribution in [3.8, 4) is 5.75 Å². The quantitative estimate of drug-likeness (QED) is 0.265. The molecule has 2 aromatic rings. The van der Waals surface area contributed by atoms with Gasteiger partial charge >= 0.3 is 0 Å². The second kappa shape index (κ2) is 10.9. The lowest BCUT2D eigenvalue weighted by atomic mass is 9.95. The summed E-state index contributed by atoms with van der Waals surface area (Å²) in [6, 6.07) is 9.99. The zero-order valence-corrected chi connectivity index (χ0v) is 19.0. The maximum absolute atomic E-state index is 13.0. The van der Waals surface area contributed by atoms with Crippen LogP contribution < -0.4 is 4.74 Å². The number of carbonyl (C=O) groups is 2. The van der Waals surface area contributed by atoms with Crippen LogP contribution in [0.15, 0.2) is 54.4 Å². The number of aliphatic hydroxyl groups excluding tert-OH is 1. The summed E-state index contributed by atoms with van der Waals surface area (Å²) in [6.45, 7) is 3.94. The lowest BCUT2D eigenvalue weighted by Gasteiger charge is -2.26. The molecule has 1 unspecified atom stereocenters. The van der Waals surface area contributed by atoms with E-state index in [2.05, 4.69) is 11.9 Å². The van der Waals surface area contributed by atoms with E-state index in [0.29, 0.717) is 25.1 Å². The molecule has 1 aliphatic heterocycles. The van der Waals surface area contributed by atoms with E-state index in [0.717, 1.165) is 30.7 Å². The second-order valence-electron chi connectivity index (χ2n) is 8.16. The third-order valence-corrected chi connectivity index (χ3v) is 5.46. The first kappa shape index (κ1) is 23.5. The van der Waals surface area contributed by atoms with Crippen LogP contribution in [0.2, 0.25) is 0 Å². The Balaban J connectivity index is 1.98. The summed E-state index contributed by atoms with van der Waals surface area (Å²) in [7, 11) is 3.93. The van der Waals surface area contributed by atoms with Gasteiger partial charge in [-0.15, -0.1) is 0 Å². The predicted octanol–water partition coefficient (Wildman–Crippen LogP) is 3.63. The molecule has 1 amide bonds. The lowest BCUT2D eigenvalue weighted by molar-refractivity contribution is -0.139. The molecule has 0 aliphatic carbocycles. The Morgan fingerprint density at radius 2 is 1.78 bits per heavy atom. The smallest absolute Gasteiger partial charge is 0.295 e. The number of amides is 1. The maximum atomic E-state index is 13.0. The van der Waals surface area contributed by atoms with Crippen LogP contribution in [0.3, 0.4) is 0 Å². The van der Waals surface area contributed by atoms with Gasteiger partial charge in [-0.3, -0.25) is 14.6 Å². The SMILES string of the molecule is CCCCOc1ccc(C2C(=C(O)c3ccncc3)C(=O)C(=O)N2CCCN(C)C)cc1. The maximum Gasteiger partial charge on any atom is 0.295 e. The zero-order valence-electron chi connectivity index (χ0n) is 19.0. The molecule has 1 atom stereocenters. The van der Waals surface area contributed by atoms with Gasteiger partial charge in [0.15, 0.2) is 0 Å². The minimum Gasteiger partial charge on any atom is -0.507 e. The normalized spacial score (nSPS) is 17.9. The number of ether oxygens (including phenoxy) is 1. The van der Waals surface area contributed by atoms with Gasteiger partial charge in [0.1, 0.15) is 11.5 Å². The number of Topliss-reactive ketones (excluding diaryl/α,β-unsaturated/α-hetero) is 1. The largest absolute Gasteiger partial charge is 0.507 e. The van der Waals surface area contributed by atoms with Crippen molar-refractivity contribution in [1.82, 2.24) is 14.8 Å². The van der Waals surface area contributed by atoms with E-state index in [1.807, 2.05) is 43.3 Å². The van der Waals surface area contributed by atoms with Crippen LogP contribution in [0.5, 0.6) is 5.75 Å². The highest BCUT2D eigenvalue weighted by Gasteiger charge is 2.45. The number of nitrogens with zero attached hydrogens (tertiary/aromatic N) is 3. The number of pyridine rings is 1. The van der Waals surface area contributed by atoms with Gasteiger partial charge in [-0.1, -0.05) is 25.5 Å². The molecule has 1 aromatic heterocycles. The molecule has 7 nitrogen and oxygen atoms in total. The first-order valence-corrected chi connectivity index (χ1v) is 11.0. The molecule has 1 aromatic carbocycles. The van der Waals surface area contributed by atoms with Crippen LogP contribution >= 0.6 is 0 Å². The average molecular weight is 438 g/mol. The first-order chi connectivity index (χ1) is 15.4. The molecule has 1 fully saturated rings. The van der Waals surface area contributed by atoms with E-state index in [4.69, 9.17) is 4.74 Å². The number of unbranched alkanes of at least 4 members (excludes halogenated alkanes) is 1. The summed E-state index contributed by atoms with van der Waals surface area (Å²) in [5.41, 5.74) is 1.31. The molecule has 0 radical (unpaired) electrons. The Labute approximate surface area is 189 Å². The molecule has 1 N–H and O–H groups in total. The molecule has 3 rings (SSSR count). The molecule has 0 bridgehead atoms. The van der Waals surface area contributed by atoms with Crippen molar-refractivity contribution >= 4 is 17.4 Å². The molecular weight excluding hydrogens is 406 g/mol. The van der Waals surface area contributed by atoms with Crippen molar-refractivity contribution in [2.75, 3.05) is 33.8 Å². The Kier molecular flexibility index (Phi) is 8.00. The van der Waals surface area contributed by atoms with Crippen LogP contribution in [0.4, 0.5) is 0 Å². The lowest BCUT2D eigenvalue weighted by Crippen LogP contribution is -2.32. The van der Waals surface area contributed by atoms with Crippen LogP contribution in [-0.4, -0.2) is 65.4 Å². The summed E-state index contributed by atoms with van der Waals surface area (Å²) in [4.78, 5) is 33.5. The molecule has 7 heteroatoms. The Morgan fingerprint density at radius 1 is 1.09 bits per heavy atom. The number of aliphatic hydroxyl groups is 1. The second-order valence-corrected chi connectivity index (χ2v) is 8.16. The summed E-state index contributed by atoms with van der Waals surface area (Å²) >= 11 is 0. The van der Waals surface area contributed by atoms with Crippen molar-refractivity contribution in [1.29, 1.82) is 0 Å². The molecular formula is C25H31N3O4. The Morgan fingerprint density at radius 3 is 2.41 bits per heavy atom. The van der Waals surface area contributed by atoms with Crippen LogP contribution in [0.25, 0.3) is 5.76 Å². The number of aromatic nitrogens is 1. The van der Waals surface area contributed by atoms with Gasteiger partial charge in [-0.25, -0.2) is 0 Å². The topological polar surface area (TPSA) is 83.0 Å².